The highest BCUT2D eigenvalue weighted by molar-refractivity contribution is 7.92. The van der Waals surface area contributed by atoms with Gasteiger partial charge in [-0.2, -0.15) is 5.10 Å². The average molecular weight is 480 g/mol. The molecule has 0 unspecified atom stereocenters. The van der Waals surface area contributed by atoms with Crippen LogP contribution >= 0.6 is 0 Å². The Balaban J connectivity index is 1.20. The van der Waals surface area contributed by atoms with Gasteiger partial charge in [0, 0.05) is 36.4 Å². The van der Waals surface area contributed by atoms with E-state index in [4.69, 9.17) is 0 Å². The number of amides is 2. The van der Waals surface area contributed by atoms with Crippen LogP contribution in [0.4, 0.5) is 11.4 Å². The zero-order chi connectivity index (χ0) is 24.0. The Kier molecular flexibility index (Phi) is 5.40. The lowest BCUT2D eigenvalue weighted by Gasteiger charge is -2.38. The maximum atomic E-state index is 12.9. The number of benzene rings is 2. The van der Waals surface area contributed by atoms with E-state index in [1.807, 2.05) is 43.3 Å². The zero-order valence-corrected chi connectivity index (χ0v) is 19.7. The number of hydrogen-bond donors (Lipinski definition) is 2. The molecule has 0 spiro atoms. The van der Waals surface area contributed by atoms with E-state index >= 15 is 0 Å². The number of nitrogens with zero attached hydrogens (tertiary/aromatic N) is 3. The molecule has 2 N–H and O–H groups in total. The van der Waals surface area contributed by atoms with Gasteiger partial charge in [0.15, 0.2) is 0 Å². The van der Waals surface area contributed by atoms with E-state index in [0.717, 1.165) is 22.4 Å². The second kappa shape index (κ2) is 8.28. The first kappa shape index (κ1) is 22.1. The molecule has 2 aromatic carbocycles. The predicted octanol–water partition coefficient (Wildman–Crippen LogP) is 2.42. The van der Waals surface area contributed by atoms with Gasteiger partial charge >= 0.3 is 0 Å². The van der Waals surface area contributed by atoms with Gasteiger partial charge in [-0.05, 0) is 37.1 Å². The summed E-state index contributed by atoms with van der Waals surface area (Å²) in [5.41, 5.74) is 5.07. The van der Waals surface area contributed by atoms with Crippen LogP contribution in [0.3, 0.4) is 0 Å². The molecule has 1 fully saturated rings. The van der Waals surface area contributed by atoms with E-state index in [1.54, 1.807) is 17.0 Å². The molecule has 176 valence electrons. The molecular formula is C24H25N5O4S. The number of carbonyl (C=O) groups is 2. The molecule has 0 saturated carbocycles. The predicted molar refractivity (Wildman–Crippen MR) is 129 cm³/mol. The lowest BCUT2D eigenvalue weighted by molar-refractivity contribution is -0.123. The largest absolute Gasteiger partial charge is 0.336 e. The molecule has 0 radical (unpaired) electrons. The smallest absolute Gasteiger partial charge is 0.272 e. The van der Waals surface area contributed by atoms with Gasteiger partial charge in [-0.25, -0.2) is 8.42 Å². The molecule has 2 aliphatic heterocycles. The van der Waals surface area contributed by atoms with Crippen molar-refractivity contribution in [1.82, 2.24) is 15.1 Å². The number of fused-ring (bicyclic) bond motifs is 1. The van der Waals surface area contributed by atoms with Crippen molar-refractivity contribution in [2.45, 2.75) is 13.3 Å². The molecule has 0 atom stereocenters. The molecule has 5 rings (SSSR count). The number of aromatic nitrogens is 2. The summed E-state index contributed by atoms with van der Waals surface area (Å²) in [7, 11) is -3.31. The lowest BCUT2D eigenvalue weighted by Crippen LogP contribution is -2.54. The van der Waals surface area contributed by atoms with E-state index in [1.165, 1.54) is 10.6 Å². The van der Waals surface area contributed by atoms with E-state index < -0.39 is 10.0 Å². The van der Waals surface area contributed by atoms with E-state index in [9.17, 15) is 18.0 Å². The number of carbonyl (C=O) groups excluding carboxylic acids is 2. The monoisotopic (exact) mass is 479 g/mol. The van der Waals surface area contributed by atoms with E-state index in [0.29, 0.717) is 43.1 Å². The summed E-state index contributed by atoms with van der Waals surface area (Å²) in [5.74, 6) is -0.635. The Hall–Kier alpha value is -3.66. The van der Waals surface area contributed by atoms with Gasteiger partial charge < -0.3 is 10.2 Å². The van der Waals surface area contributed by atoms with Crippen molar-refractivity contribution in [2.75, 3.05) is 35.5 Å². The highest BCUT2D eigenvalue weighted by Crippen LogP contribution is 2.32. The van der Waals surface area contributed by atoms with Gasteiger partial charge in [-0.3, -0.25) is 19.0 Å². The first-order valence-electron chi connectivity index (χ1n) is 11.0. The van der Waals surface area contributed by atoms with Gasteiger partial charge in [0.05, 0.1) is 23.6 Å². The molecule has 3 aromatic rings. The van der Waals surface area contributed by atoms with E-state index in [2.05, 4.69) is 15.5 Å². The maximum Gasteiger partial charge on any atom is 0.272 e. The third-order valence-corrected chi connectivity index (χ3v) is 7.59. The van der Waals surface area contributed by atoms with Gasteiger partial charge in [0.2, 0.25) is 15.9 Å². The lowest BCUT2D eigenvalue weighted by atomic mass is 9.97. The summed E-state index contributed by atoms with van der Waals surface area (Å²) in [6.45, 7) is 2.93. The Labute approximate surface area is 197 Å². The molecule has 1 saturated heterocycles. The Morgan fingerprint density at radius 2 is 1.85 bits per heavy atom. The zero-order valence-electron chi connectivity index (χ0n) is 18.9. The molecule has 10 heteroatoms. The summed E-state index contributed by atoms with van der Waals surface area (Å²) >= 11 is 0. The van der Waals surface area contributed by atoms with Crippen LogP contribution in [-0.2, 0) is 21.2 Å². The first-order valence-corrected chi connectivity index (χ1v) is 12.9. The SMILES string of the molecule is Cc1c(-c2ccccc2)n[nH]c1C(=O)N1CC(C(=O)Nc2ccc3c(c2)CCN3S(C)(=O)=O)C1. The number of aromatic amines is 1. The summed E-state index contributed by atoms with van der Waals surface area (Å²) in [4.78, 5) is 27.3. The molecule has 0 bridgehead atoms. The van der Waals surface area contributed by atoms with Crippen LogP contribution in [0.1, 0.15) is 21.6 Å². The highest BCUT2D eigenvalue weighted by Gasteiger charge is 2.37. The summed E-state index contributed by atoms with van der Waals surface area (Å²) in [5, 5.41) is 10.1. The minimum absolute atomic E-state index is 0.159. The van der Waals surface area contributed by atoms with Gasteiger partial charge in [-0.15, -0.1) is 0 Å². The minimum Gasteiger partial charge on any atom is -0.336 e. The van der Waals surface area contributed by atoms with Crippen molar-refractivity contribution in [3.63, 3.8) is 0 Å². The normalized spacial score (nSPS) is 15.7. The second-order valence-corrected chi connectivity index (χ2v) is 10.7. The number of sulfonamides is 1. The molecule has 34 heavy (non-hydrogen) atoms. The Bertz CT molecular complexity index is 1380. The van der Waals surface area contributed by atoms with Crippen molar-refractivity contribution in [3.05, 3.63) is 65.4 Å². The number of H-pyrrole nitrogens is 1. The molecule has 0 aliphatic carbocycles. The third kappa shape index (κ3) is 3.94. The quantitative estimate of drug-likeness (QED) is 0.583. The fraction of sp³-hybridized carbons (Fsp3) is 0.292. The Morgan fingerprint density at radius 3 is 2.56 bits per heavy atom. The van der Waals surface area contributed by atoms with Crippen LogP contribution in [0.2, 0.25) is 0 Å². The standard InChI is InChI=1S/C24H25N5O4S/c1-15-21(16-6-4-3-5-7-16)26-27-22(15)24(31)28-13-18(14-28)23(30)25-19-8-9-20-17(12-19)10-11-29(20)34(2,32)33/h3-9,12,18H,10-11,13-14H2,1-2H3,(H,25,30)(H,26,27). The fourth-order valence-corrected chi connectivity index (χ4v) is 5.45. The maximum absolute atomic E-state index is 12.9. The van der Waals surface area contributed by atoms with Gasteiger partial charge in [0.25, 0.3) is 5.91 Å². The van der Waals surface area contributed by atoms with Crippen LogP contribution in [-0.4, -0.2) is 61.2 Å². The number of nitrogens with one attached hydrogen (secondary N) is 2. The molecule has 9 nitrogen and oxygen atoms in total. The number of hydrogen-bond acceptors (Lipinski definition) is 5. The molecular weight excluding hydrogens is 454 g/mol. The van der Waals surface area contributed by atoms with Gasteiger partial charge in [-0.1, -0.05) is 30.3 Å². The molecule has 3 heterocycles. The second-order valence-electron chi connectivity index (χ2n) is 8.76. The van der Waals surface area contributed by atoms with Crippen molar-refractivity contribution in [1.29, 1.82) is 0 Å². The van der Waals surface area contributed by atoms with Crippen molar-refractivity contribution >= 4 is 33.2 Å². The summed E-state index contributed by atoms with van der Waals surface area (Å²) in [6, 6.07) is 14.9. The first-order chi connectivity index (χ1) is 16.2. The summed E-state index contributed by atoms with van der Waals surface area (Å²) in [6.07, 6.45) is 1.79. The molecule has 2 amide bonds. The minimum atomic E-state index is -3.31. The van der Waals surface area contributed by atoms with Crippen molar-refractivity contribution < 1.29 is 18.0 Å². The van der Waals surface area contributed by atoms with Crippen LogP contribution in [0.5, 0.6) is 0 Å². The van der Waals surface area contributed by atoms with Crippen LogP contribution in [0.15, 0.2) is 48.5 Å². The average Bonchev–Trinajstić information content (AvgIpc) is 3.36. The third-order valence-electron chi connectivity index (χ3n) is 6.41. The van der Waals surface area contributed by atoms with Gasteiger partial charge in [0.1, 0.15) is 5.69 Å². The summed E-state index contributed by atoms with van der Waals surface area (Å²) < 4.78 is 25.2. The molecule has 1 aromatic heterocycles. The van der Waals surface area contributed by atoms with Crippen molar-refractivity contribution in [2.24, 2.45) is 5.92 Å². The number of rotatable bonds is 5. The van der Waals surface area contributed by atoms with Crippen molar-refractivity contribution in [3.8, 4) is 11.3 Å². The van der Waals surface area contributed by atoms with Crippen LogP contribution in [0.25, 0.3) is 11.3 Å². The van der Waals surface area contributed by atoms with Crippen LogP contribution < -0.4 is 9.62 Å². The topological polar surface area (TPSA) is 115 Å². The highest BCUT2D eigenvalue weighted by atomic mass is 32.2. The number of likely N-dealkylation sites (tertiary alicyclic amines) is 1. The molecule has 2 aliphatic rings. The number of anilines is 2. The fourth-order valence-electron chi connectivity index (χ4n) is 4.49. The van der Waals surface area contributed by atoms with E-state index in [-0.39, 0.29) is 17.7 Å². The Morgan fingerprint density at radius 1 is 1.12 bits per heavy atom. The van der Waals surface area contributed by atoms with Crippen LogP contribution in [0, 0.1) is 12.8 Å².